The second kappa shape index (κ2) is 8.97. The molecular formula is C20H29N5O4S2. The van der Waals surface area contributed by atoms with Gasteiger partial charge >= 0.3 is 0 Å². The smallest absolute Gasteiger partial charge is 0.248 e. The number of sulfonamides is 1. The number of hydrogen-bond acceptors (Lipinski definition) is 8. The summed E-state index contributed by atoms with van der Waals surface area (Å²) in [5.74, 6) is 0.466. The zero-order valence-corrected chi connectivity index (χ0v) is 19.8. The lowest BCUT2D eigenvalue weighted by molar-refractivity contribution is -0.138. The number of likely N-dealkylation sites (tertiary alicyclic amines) is 1. The van der Waals surface area contributed by atoms with Crippen LogP contribution < -0.4 is 0 Å². The Labute approximate surface area is 187 Å². The fourth-order valence-electron chi connectivity index (χ4n) is 4.43. The molecule has 2 aromatic heterocycles. The molecule has 170 valence electrons. The molecule has 2 aliphatic heterocycles. The van der Waals surface area contributed by atoms with Crippen LogP contribution in [-0.4, -0.2) is 77.8 Å². The molecule has 0 spiro atoms. The molecular weight excluding hydrogens is 438 g/mol. The molecule has 31 heavy (non-hydrogen) atoms. The van der Waals surface area contributed by atoms with E-state index in [1.165, 1.54) is 4.31 Å². The van der Waals surface area contributed by atoms with Crippen LogP contribution in [0.1, 0.15) is 35.0 Å². The summed E-state index contributed by atoms with van der Waals surface area (Å²) in [5, 5.41) is 6.94. The summed E-state index contributed by atoms with van der Waals surface area (Å²) in [6.07, 6.45) is 1.67. The van der Waals surface area contributed by atoms with Gasteiger partial charge in [-0.2, -0.15) is 4.31 Å². The Morgan fingerprint density at radius 2 is 1.81 bits per heavy atom. The molecule has 0 atom stereocenters. The first-order chi connectivity index (χ1) is 14.8. The van der Waals surface area contributed by atoms with E-state index in [9.17, 15) is 13.2 Å². The second-order valence-electron chi connectivity index (χ2n) is 8.29. The van der Waals surface area contributed by atoms with Crippen LogP contribution in [0.4, 0.5) is 0 Å². The van der Waals surface area contributed by atoms with Gasteiger partial charge in [-0.1, -0.05) is 5.16 Å². The predicted octanol–water partition coefficient (Wildman–Crippen LogP) is 1.80. The Morgan fingerprint density at radius 1 is 1.13 bits per heavy atom. The van der Waals surface area contributed by atoms with Gasteiger partial charge in [0.1, 0.15) is 10.6 Å². The highest BCUT2D eigenvalue weighted by Crippen LogP contribution is 2.26. The maximum absolute atomic E-state index is 13.0. The number of carbonyl (C=O) groups is 1. The minimum Gasteiger partial charge on any atom is -0.360 e. The highest BCUT2D eigenvalue weighted by atomic mass is 32.2. The third kappa shape index (κ3) is 4.69. The number of carbonyl (C=O) groups excluding carboxylic acids is 1. The summed E-state index contributed by atoms with van der Waals surface area (Å²) in [6.45, 7) is 9.27. The largest absolute Gasteiger partial charge is 0.360 e. The number of thiazole rings is 1. The third-order valence-electron chi connectivity index (χ3n) is 6.11. The molecule has 2 saturated heterocycles. The van der Waals surface area contributed by atoms with Gasteiger partial charge < -0.3 is 9.42 Å². The highest BCUT2D eigenvalue weighted by Gasteiger charge is 2.36. The highest BCUT2D eigenvalue weighted by molar-refractivity contribution is 7.89. The van der Waals surface area contributed by atoms with Gasteiger partial charge in [-0.25, -0.2) is 13.4 Å². The summed E-state index contributed by atoms with van der Waals surface area (Å²) in [6, 6.07) is 0. The number of aryl methyl sites for hydroxylation is 3. The number of piperazine rings is 1. The minimum atomic E-state index is -3.66. The lowest BCUT2D eigenvalue weighted by atomic mass is 9.95. The molecule has 0 unspecified atom stereocenters. The molecule has 2 aliphatic rings. The van der Waals surface area contributed by atoms with Crippen molar-refractivity contribution in [1.82, 2.24) is 24.2 Å². The van der Waals surface area contributed by atoms with Crippen LogP contribution in [0, 0.1) is 26.7 Å². The fourth-order valence-corrected chi connectivity index (χ4v) is 6.74. The number of nitrogens with zero attached hydrogens (tertiary/aromatic N) is 5. The maximum atomic E-state index is 13.0. The predicted molar refractivity (Wildman–Crippen MR) is 116 cm³/mol. The van der Waals surface area contributed by atoms with Crippen molar-refractivity contribution in [2.45, 2.75) is 45.1 Å². The van der Waals surface area contributed by atoms with Crippen LogP contribution in [0.25, 0.3) is 0 Å². The molecule has 0 N–H and O–H groups in total. The Kier molecular flexibility index (Phi) is 6.47. The van der Waals surface area contributed by atoms with Crippen molar-refractivity contribution in [1.29, 1.82) is 0 Å². The van der Waals surface area contributed by atoms with Crippen molar-refractivity contribution < 1.29 is 17.7 Å². The van der Waals surface area contributed by atoms with Crippen LogP contribution in [0.3, 0.4) is 0 Å². The molecule has 9 nitrogen and oxygen atoms in total. The van der Waals surface area contributed by atoms with Gasteiger partial charge in [0.05, 0.1) is 10.7 Å². The molecule has 0 saturated carbocycles. The van der Waals surface area contributed by atoms with Crippen LogP contribution in [0.15, 0.2) is 14.8 Å². The molecule has 2 aromatic rings. The number of aromatic nitrogens is 2. The van der Waals surface area contributed by atoms with Crippen molar-refractivity contribution in [3.8, 4) is 0 Å². The van der Waals surface area contributed by atoms with E-state index in [2.05, 4.69) is 20.4 Å². The van der Waals surface area contributed by atoms with E-state index in [1.807, 2.05) is 11.8 Å². The molecule has 0 radical (unpaired) electrons. The van der Waals surface area contributed by atoms with E-state index >= 15 is 0 Å². The molecule has 1 amide bonds. The van der Waals surface area contributed by atoms with Crippen LogP contribution >= 0.6 is 11.3 Å². The number of hydrogen-bond donors (Lipinski definition) is 0. The molecule has 0 aliphatic carbocycles. The normalized spacial score (nSPS) is 19.8. The summed E-state index contributed by atoms with van der Waals surface area (Å²) in [4.78, 5) is 21.9. The molecule has 11 heteroatoms. The summed E-state index contributed by atoms with van der Waals surface area (Å²) < 4.78 is 32.4. The lowest BCUT2D eigenvalue weighted by Gasteiger charge is -2.38. The topological polar surface area (TPSA) is 99.9 Å². The van der Waals surface area contributed by atoms with E-state index in [0.717, 1.165) is 43.2 Å². The molecule has 2 fully saturated rings. The van der Waals surface area contributed by atoms with Crippen molar-refractivity contribution in [3.63, 3.8) is 0 Å². The summed E-state index contributed by atoms with van der Waals surface area (Å²) in [5.41, 5.74) is 1.47. The van der Waals surface area contributed by atoms with E-state index in [4.69, 9.17) is 4.52 Å². The fraction of sp³-hybridized carbons (Fsp3) is 0.650. The first-order valence-corrected chi connectivity index (χ1v) is 12.9. The van der Waals surface area contributed by atoms with Crippen LogP contribution in [0.5, 0.6) is 0 Å². The van der Waals surface area contributed by atoms with Gasteiger partial charge in [-0.15, -0.1) is 11.3 Å². The standard InChI is InChI=1S/C20H29N5O4S2/c1-14-19(15(2)29-22-14)31(27,28)25-10-8-24(9-11-25)20(26)17-4-6-23(7-5-17)12-18-13-30-16(3)21-18/h13,17H,4-12H2,1-3H3. The van der Waals surface area contributed by atoms with E-state index in [-0.39, 0.29) is 16.7 Å². The quantitative estimate of drug-likeness (QED) is 0.661. The van der Waals surface area contributed by atoms with Crippen molar-refractivity contribution >= 4 is 27.3 Å². The van der Waals surface area contributed by atoms with E-state index < -0.39 is 10.0 Å². The monoisotopic (exact) mass is 467 g/mol. The Balaban J connectivity index is 1.29. The van der Waals surface area contributed by atoms with Gasteiger partial charge in [-0.05, 0) is 46.7 Å². The molecule has 0 aromatic carbocycles. The van der Waals surface area contributed by atoms with Gasteiger partial charge in [-0.3, -0.25) is 9.69 Å². The van der Waals surface area contributed by atoms with Gasteiger partial charge in [0.25, 0.3) is 0 Å². The van der Waals surface area contributed by atoms with Crippen LogP contribution in [0.2, 0.25) is 0 Å². The van der Waals surface area contributed by atoms with Crippen molar-refractivity contribution in [2.24, 2.45) is 5.92 Å². The van der Waals surface area contributed by atoms with E-state index in [1.54, 1.807) is 25.2 Å². The molecule has 0 bridgehead atoms. The second-order valence-corrected chi connectivity index (χ2v) is 11.2. The lowest BCUT2D eigenvalue weighted by Crippen LogP contribution is -2.52. The number of rotatable bonds is 5. The number of amides is 1. The minimum absolute atomic E-state index is 0.0131. The summed E-state index contributed by atoms with van der Waals surface area (Å²) in [7, 11) is -3.66. The Hall–Kier alpha value is -1.82. The zero-order valence-electron chi connectivity index (χ0n) is 18.2. The maximum Gasteiger partial charge on any atom is 0.248 e. The average molecular weight is 468 g/mol. The van der Waals surface area contributed by atoms with Crippen molar-refractivity contribution in [2.75, 3.05) is 39.3 Å². The van der Waals surface area contributed by atoms with Gasteiger partial charge in [0, 0.05) is 44.0 Å². The molecule has 4 rings (SSSR count). The Bertz CT molecular complexity index is 1010. The SMILES string of the molecule is Cc1nc(CN2CCC(C(=O)N3CCN(S(=O)(=O)c4c(C)noc4C)CC3)CC2)cs1. The zero-order chi connectivity index (χ0) is 22.2. The van der Waals surface area contributed by atoms with Gasteiger partial charge in [0.15, 0.2) is 5.76 Å². The number of piperidine rings is 1. The molecule has 4 heterocycles. The van der Waals surface area contributed by atoms with Crippen molar-refractivity contribution in [3.05, 3.63) is 27.5 Å². The first-order valence-electron chi connectivity index (χ1n) is 10.6. The first kappa shape index (κ1) is 22.4. The average Bonchev–Trinajstić information content (AvgIpc) is 3.32. The van der Waals surface area contributed by atoms with Crippen LogP contribution in [-0.2, 0) is 21.4 Å². The van der Waals surface area contributed by atoms with E-state index in [0.29, 0.717) is 37.6 Å². The summed E-state index contributed by atoms with van der Waals surface area (Å²) >= 11 is 1.67. The third-order valence-corrected chi connectivity index (χ3v) is 9.07. The van der Waals surface area contributed by atoms with Gasteiger partial charge in [0.2, 0.25) is 15.9 Å². The Morgan fingerprint density at radius 3 is 2.35 bits per heavy atom.